The predicted molar refractivity (Wildman–Crippen MR) is 88.2 cm³/mol. The minimum Gasteiger partial charge on any atom is -0.320 e. The molecule has 2 saturated carbocycles. The average molecular weight is 351 g/mol. The molecule has 5 amide bonds. The summed E-state index contributed by atoms with van der Waals surface area (Å²) in [7, 11) is 3.21. The Kier molecular flexibility index (Phi) is 2.14. The van der Waals surface area contributed by atoms with E-state index in [0.29, 0.717) is 12.0 Å². The van der Waals surface area contributed by atoms with Gasteiger partial charge in [-0.1, -0.05) is 12.1 Å². The first-order valence-electron chi connectivity index (χ1n) is 8.91. The number of hydrogen-bond acceptors (Lipinski definition) is 4. The van der Waals surface area contributed by atoms with Crippen LogP contribution in [-0.2, 0) is 15.0 Å². The van der Waals surface area contributed by atoms with Gasteiger partial charge < -0.3 is 4.90 Å². The molecule has 6 rings (SSSR count). The van der Waals surface area contributed by atoms with Crippen molar-refractivity contribution in [3.63, 3.8) is 0 Å². The largest absolute Gasteiger partial charge is 0.326 e. The standard InChI is InChI=1S/C19H17N3O4/c1-21-15(24)13-18(22(2)17(21)26)7-8-6-11(18)19(13)12-9(8)4-3-5-10(12)14(23)20-16(19)25/h3-5,8,11,13H,6-7H2,1-2H3,(H,20,23,25). The number of nitrogens with one attached hydrogen (secondary N) is 1. The second-order valence-corrected chi connectivity index (χ2v) is 8.27. The fourth-order valence-corrected chi connectivity index (χ4v) is 6.96. The van der Waals surface area contributed by atoms with Gasteiger partial charge in [0.05, 0.1) is 16.9 Å². The van der Waals surface area contributed by atoms with Crippen molar-refractivity contribution in [3.05, 3.63) is 34.9 Å². The van der Waals surface area contributed by atoms with E-state index < -0.39 is 22.8 Å². The molecule has 132 valence electrons. The van der Waals surface area contributed by atoms with Gasteiger partial charge >= 0.3 is 6.03 Å². The summed E-state index contributed by atoms with van der Waals surface area (Å²) in [6, 6.07) is 5.24. The van der Waals surface area contributed by atoms with Gasteiger partial charge in [-0.15, -0.1) is 0 Å². The van der Waals surface area contributed by atoms with Crippen LogP contribution < -0.4 is 5.32 Å². The summed E-state index contributed by atoms with van der Waals surface area (Å²) < 4.78 is 0. The molecule has 3 aliphatic carbocycles. The molecular weight excluding hydrogens is 334 g/mol. The number of carbonyl (C=O) groups is 4. The number of fused-ring (bicyclic) bond motifs is 2. The highest BCUT2D eigenvalue weighted by atomic mass is 16.2. The zero-order valence-electron chi connectivity index (χ0n) is 14.4. The van der Waals surface area contributed by atoms with Gasteiger partial charge in [0, 0.05) is 25.6 Å². The van der Waals surface area contributed by atoms with E-state index in [1.54, 1.807) is 18.0 Å². The number of urea groups is 1. The van der Waals surface area contributed by atoms with Crippen LogP contribution in [0.4, 0.5) is 4.79 Å². The van der Waals surface area contributed by atoms with Gasteiger partial charge in [-0.05, 0) is 36.0 Å². The maximum Gasteiger partial charge on any atom is 0.326 e. The smallest absolute Gasteiger partial charge is 0.320 e. The van der Waals surface area contributed by atoms with Gasteiger partial charge in [0.1, 0.15) is 0 Å². The van der Waals surface area contributed by atoms with E-state index in [-0.39, 0.29) is 29.7 Å². The molecule has 1 N–H and O–H groups in total. The molecule has 7 nitrogen and oxygen atoms in total. The van der Waals surface area contributed by atoms with E-state index in [4.69, 9.17) is 0 Å². The maximum atomic E-state index is 13.2. The highest BCUT2D eigenvalue weighted by molar-refractivity contribution is 6.18. The Morgan fingerprint density at radius 3 is 2.69 bits per heavy atom. The molecule has 2 spiro atoms. The highest BCUT2D eigenvalue weighted by Gasteiger charge is 2.86. The van der Waals surface area contributed by atoms with Crippen LogP contribution in [0.1, 0.15) is 40.2 Å². The molecule has 3 fully saturated rings. The van der Waals surface area contributed by atoms with E-state index in [9.17, 15) is 19.2 Å². The van der Waals surface area contributed by atoms with Crippen LogP contribution in [-0.4, -0.2) is 53.2 Å². The zero-order chi connectivity index (χ0) is 18.2. The fraction of sp³-hybridized carbons (Fsp3) is 0.474. The highest BCUT2D eigenvalue weighted by Crippen LogP contribution is 2.76. The van der Waals surface area contributed by atoms with Gasteiger partial charge in [0.2, 0.25) is 11.8 Å². The first-order valence-corrected chi connectivity index (χ1v) is 8.91. The lowest BCUT2D eigenvalue weighted by molar-refractivity contribution is -0.190. The third-order valence-electron chi connectivity index (χ3n) is 7.78. The number of imide groups is 2. The minimum atomic E-state index is -1.03. The van der Waals surface area contributed by atoms with Gasteiger partial charge in [-0.3, -0.25) is 24.6 Å². The lowest BCUT2D eigenvalue weighted by Gasteiger charge is -2.70. The summed E-state index contributed by atoms with van der Waals surface area (Å²) in [5.41, 5.74) is 0.594. The van der Waals surface area contributed by atoms with Crippen molar-refractivity contribution in [2.45, 2.75) is 29.7 Å². The van der Waals surface area contributed by atoms with E-state index in [0.717, 1.165) is 22.4 Å². The second-order valence-electron chi connectivity index (χ2n) is 8.27. The Morgan fingerprint density at radius 1 is 1.15 bits per heavy atom. The van der Waals surface area contributed by atoms with Crippen molar-refractivity contribution >= 4 is 23.8 Å². The molecule has 26 heavy (non-hydrogen) atoms. The monoisotopic (exact) mass is 351 g/mol. The zero-order valence-corrected chi connectivity index (χ0v) is 14.4. The van der Waals surface area contributed by atoms with Crippen molar-refractivity contribution in [3.8, 4) is 0 Å². The Labute approximate surface area is 149 Å². The van der Waals surface area contributed by atoms with Gasteiger partial charge in [0.15, 0.2) is 0 Å². The number of amides is 5. The fourth-order valence-electron chi connectivity index (χ4n) is 6.96. The topological polar surface area (TPSA) is 86.8 Å². The van der Waals surface area contributed by atoms with E-state index in [2.05, 4.69) is 5.32 Å². The van der Waals surface area contributed by atoms with E-state index >= 15 is 0 Å². The molecule has 5 atom stereocenters. The third-order valence-corrected chi connectivity index (χ3v) is 7.78. The number of carbonyl (C=O) groups excluding carboxylic acids is 4. The third kappa shape index (κ3) is 1.08. The van der Waals surface area contributed by atoms with E-state index in [1.807, 2.05) is 12.1 Å². The Hall–Kier alpha value is -2.70. The van der Waals surface area contributed by atoms with E-state index in [1.165, 1.54) is 7.05 Å². The van der Waals surface area contributed by atoms with Crippen molar-refractivity contribution in [1.82, 2.24) is 15.1 Å². The SMILES string of the molecule is CN1C(=O)C2C34C(=O)NC(=O)c5cccc(c53)C3CC4C2(C3)N(C)C1=O. The summed E-state index contributed by atoms with van der Waals surface area (Å²) in [5, 5.41) is 2.50. The Bertz CT molecular complexity index is 987. The number of benzene rings is 1. The van der Waals surface area contributed by atoms with Crippen LogP contribution in [0.3, 0.4) is 0 Å². The molecular formula is C19H17N3O4. The Morgan fingerprint density at radius 2 is 1.92 bits per heavy atom. The molecule has 2 heterocycles. The summed E-state index contributed by atoms with van der Waals surface area (Å²) >= 11 is 0. The van der Waals surface area contributed by atoms with Crippen molar-refractivity contribution in [1.29, 1.82) is 0 Å². The Balaban J connectivity index is 1.72. The normalized spacial score (nSPS) is 41.5. The molecule has 5 unspecified atom stereocenters. The molecule has 7 heteroatoms. The minimum absolute atomic E-state index is 0.127. The summed E-state index contributed by atoms with van der Waals surface area (Å²) in [6.45, 7) is 0. The molecule has 2 bridgehead atoms. The first kappa shape index (κ1) is 14.5. The predicted octanol–water partition coefficient (Wildman–Crippen LogP) is 0.594. The summed E-state index contributed by atoms with van der Waals surface area (Å²) in [5.74, 6) is -1.67. The molecule has 0 radical (unpaired) electrons. The number of rotatable bonds is 0. The van der Waals surface area contributed by atoms with Gasteiger partial charge in [0.25, 0.3) is 5.91 Å². The van der Waals surface area contributed by atoms with Crippen molar-refractivity contribution < 1.29 is 19.2 Å². The first-order chi connectivity index (χ1) is 12.4. The lowest BCUT2D eigenvalue weighted by Crippen LogP contribution is -2.86. The van der Waals surface area contributed by atoms with Crippen LogP contribution in [0, 0.1) is 11.8 Å². The molecule has 1 aromatic carbocycles. The quantitative estimate of drug-likeness (QED) is 0.693. The summed E-state index contributed by atoms with van der Waals surface area (Å²) in [4.78, 5) is 54.4. The molecule has 5 aliphatic rings. The van der Waals surface area contributed by atoms with Gasteiger partial charge in [-0.2, -0.15) is 0 Å². The van der Waals surface area contributed by atoms with Crippen LogP contribution >= 0.6 is 0 Å². The van der Waals surface area contributed by atoms with Crippen LogP contribution in [0.2, 0.25) is 0 Å². The number of hydrogen-bond donors (Lipinski definition) is 1. The second kappa shape index (κ2) is 3.84. The average Bonchev–Trinajstić information content (AvgIpc) is 2.83. The van der Waals surface area contributed by atoms with Crippen LogP contribution in [0.15, 0.2) is 18.2 Å². The molecule has 1 aromatic rings. The molecule has 1 saturated heterocycles. The molecule has 2 aliphatic heterocycles. The van der Waals surface area contributed by atoms with Crippen molar-refractivity contribution in [2.75, 3.05) is 14.1 Å². The van der Waals surface area contributed by atoms with Crippen LogP contribution in [0.5, 0.6) is 0 Å². The molecule has 0 aromatic heterocycles. The van der Waals surface area contributed by atoms with Crippen LogP contribution in [0.25, 0.3) is 0 Å². The van der Waals surface area contributed by atoms with Crippen molar-refractivity contribution in [2.24, 2.45) is 11.8 Å². The number of nitrogens with zero attached hydrogens (tertiary/aromatic N) is 2. The summed E-state index contributed by atoms with van der Waals surface area (Å²) in [6.07, 6.45) is 1.44. The lowest BCUT2D eigenvalue weighted by atomic mass is 9.38. The van der Waals surface area contributed by atoms with Gasteiger partial charge in [-0.25, -0.2) is 4.79 Å². The maximum absolute atomic E-state index is 13.2.